The molecule has 0 N–H and O–H groups in total. The molecular weight excluding hydrogens is 260 g/mol. The molecule has 74 valence electrons. The highest BCUT2D eigenvalue weighted by atomic mass is 79.9. The molecule has 15 heavy (non-hydrogen) atoms. The molecule has 0 atom stereocenters. The summed E-state index contributed by atoms with van der Waals surface area (Å²) in [5.74, 6) is 0.586. The maximum atomic E-state index is 5.37. The van der Waals surface area contributed by atoms with Crippen molar-refractivity contribution < 1.29 is 4.42 Å². The highest BCUT2D eigenvalue weighted by Gasteiger charge is 2.09. The zero-order chi connectivity index (χ0) is 10.3. The van der Waals surface area contributed by atoms with Crippen molar-refractivity contribution in [3.05, 3.63) is 35.1 Å². The number of furan rings is 1. The number of fused-ring (bicyclic) bond motifs is 1. The fraction of sp³-hybridized carbons (Fsp3) is 0. The van der Waals surface area contributed by atoms with Crippen LogP contribution >= 0.6 is 15.9 Å². The highest BCUT2D eigenvalue weighted by Crippen LogP contribution is 2.19. The number of aromatic nitrogens is 4. The molecule has 0 amide bonds. The van der Waals surface area contributed by atoms with Crippen molar-refractivity contribution in [2.45, 2.75) is 0 Å². The lowest BCUT2D eigenvalue weighted by molar-refractivity contribution is 0.500. The van der Waals surface area contributed by atoms with E-state index >= 15 is 0 Å². The monoisotopic (exact) mass is 264 g/mol. The molecule has 0 aromatic carbocycles. The molecule has 0 saturated heterocycles. The Balaban J connectivity index is 2.27. The molecule has 0 spiro atoms. The van der Waals surface area contributed by atoms with Gasteiger partial charge in [0.15, 0.2) is 10.3 Å². The van der Waals surface area contributed by atoms with E-state index < -0.39 is 0 Å². The minimum Gasteiger partial charge on any atom is -0.432 e. The van der Waals surface area contributed by atoms with E-state index in [0.717, 1.165) is 5.52 Å². The molecule has 0 aliphatic heterocycles. The lowest BCUT2D eigenvalue weighted by Crippen LogP contribution is -1.95. The predicted octanol–water partition coefficient (Wildman–Crippen LogP) is 2.17. The second-order valence-electron chi connectivity index (χ2n) is 2.93. The summed E-state index contributed by atoms with van der Waals surface area (Å²) in [5.41, 5.74) is 1.42. The first-order valence-electron chi connectivity index (χ1n) is 4.27. The number of halogens is 1. The quantitative estimate of drug-likeness (QED) is 0.676. The van der Waals surface area contributed by atoms with Crippen molar-refractivity contribution in [2.75, 3.05) is 0 Å². The van der Waals surface area contributed by atoms with Crippen molar-refractivity contribution in [3.63, 3.8) is 0 Å². The number of pyridine rings is 1. The Morgan fingerprint density at radius 1 is 1.27 bits per heavy atom. The smallest absolute Gasteiger partial charge is 0.224 e. The summed E-state index contributed by atoms with van der Waals surface area (Å²) < 4.78 is 7.58. The van der Waals surface area contributed by atoms with Crippen molar-refractivity contribution in [1.29, 1.82) is 0 Å². The normalized spacial score (nSPS) is 11.0. The molecule has 0 bridgehead atoms. The number of hydrogen-bond acceptors (Lipinski definition) is 4. The molecule has 0 aliphatic carbocycles. The Labute approximate surface area is 92.8 Å². The Morgan fingerprint density at radius 3 is 3.00 bits per heavy atom. The Kier molecular flexibility index (Phi) is 1.81. The minimum atomic E-state index is 0.586. The molecule has 3 aromatic rings. The van der Waals surface area contributed by atoms with Gasteiger partial charge >= 0.3 is 0 Å². The topological polar surface area (TPSA) is 56.7 Å². The Morgan fingerprint density at radius 2 is 2.20 bits per heavy atom. The zero-order valence-electron chi connectivity index (χ0n) is 7.46. The van der Waals surface area contributed by atoms with Crippen LogP contribution in [-0.4, -0.2) is 20.0 Å². The average molecular weight is 265 g/mol. The van der Waals surface area contributed by atoms with Crippen LogP contribution in [0.5, 0.6) is 0 Å². The molecule has 0 saturated carbocycles. The average Bonchev–Trinajstić information content (AvgIpc) is 2.83. The van der Waals surface area contributed by atoms with Crippen LogP contribution in [0.1, 0.15) is 0 Å². The van der Waals surface area contributed by atoms with Gasteiger partial charge in [0.2, 0.25) is 5.88 Å². The first-order chi connectivity index (χ1) is 7.34. The van der Waals surface area contributed by atoms with Crippen LogP contribution in [0, 0.1) is 0 Å². The third-order valence-corrected chi connectivity index (χ3v) is 2.40. The van der Waals surface area contributed by atoms with Crippen molar-refractivity contribution in [2.24, 2.45) is 0 Å². The van der Waals surface area contributed by atoms with Gasteiger partial charge in [-0.05, 0) is 34.1 Å². The highest BCUT2D eigenvalue weighted by molar-refractivity contribution is 9.10. The van der Waals surface area contributed by atoms with Gasteiger partial charge in [0.05, 0.1) is 0 Å². The van der Waals surface area contributed by atoms with Gasteiger partial charge in [0.25, 0.3) is 0 Å². The van der Waals surface area contributed by atoms with Crippen molar-refractivity contribution in [1.82, 2.24) is 20.0 Å². The van der Waals surface area contributed by atoms with E-state index in [2.05, 4.69) is 31.2 Å². The van der Waals surface area contributed by atoms with E-state index in [-0.39, 0.29) is 0 Å². The van der Waals surface area contributed by atoms with Crippen LogP contribution in [0.15, 0.2) is 39.5 Å². The summed E-state index contributed by atoms with van der Waals surface area (Å²) >= 11 is 3.23. The van der Waals surface area contributed by atoms with Crippen LogP contribution in [-0.2, 0) is 0 Å². The van der Waals surface area contributed by atoms with E-state index in [1.807, 2.05) is 12.1 Å². The molecule has 3 heterocycles. The number of hydrogen-bond donors (Lipinski definition) is 0. The molecule has 3 aromatic heterocycles. The molecule has 6 heteroatoms. The summed E-state index contributed by atoms with van der Waals surface area (Å²) in [4.78, 5) is 4.19. The summed E-state index contributed by atoms with van der Waals surface area (Å²) in [6.45, 7) is 0. The van der Waals surface area contributed by atoms with Crippen molar-refractivity contribution >= 4 is 27.1 Å². The van der Waals surface area contributed by atoms with E-state index in [1.165, 1.54) is 0 Å². The van der Waals surface area contributed by atoms with Crippen LogP contribution in [0.3, 0.4) is 0 Å². The maximum Gasteiger partial charge on any atom is 0.224 e. The van der Waals surface area contributed by atoms with Gasteiger partial charge in [-0.15, -0.1) is 5.10 Å². The second kappa shape index (κ2) is 3.16. The molecule has 0 fully saturated rings. The third kappa shape index (κ3) is 1.33. The second-order valence-corrected chi connectivity index (χ2v) is 3.71. The van der Waals surface area contributed by atoms with Crippen LogP contribution in [0.4, 0.5) is 0 Å². The van der Waals surface area contributed by atoms with E-state index in [1.54, 1.807) is 23.0 Å². The lowest BCUT2D eigenvalue weighted by Gasteiger charge is -1.94. The van der Waals surface area contributed by atoms with Gasteiger partial charge in [0, 0.05) is 12.3 Å². The van der Waals surface area contributed by atoms with E-state index in [4.69, 9.17) is 4.42 Å². The fourth-order valence-electron chi connectivity index (χ4n) is 1.33. The first-order valence-corrected chi connectivity index (χ1v) is 5.06. The van der Waals surface area contributed by atoms with Gasteiger partial charge in [-0.2, -0.15) is 4.68 Å². The predicted molar refractivity (Wildman–Crippen MR) is 56.6 cm³/mol. The largest absolute Gasteiger partial charge is 0.432 e. The summed E-state index contributed by atoms with van der Waals surface area (Å²) in [6.07, 6.45) is 1.69. The van der Waals surface area contributed by atoms with Gasteiger partial charge in [-0.3, -0.25) is 0 Å². The van der Waals surface area contributed by atoms with Gasteiger partial charge in [0.1, 0.15) is 5.52 Å². The van der Waals surface area contributed by atoms with Gasteiger partial charge < -0.3 is 4.42 Å². The number of rotatable bonds is 1. The van der Waals surface area contributed by atoms with E-state index in [0.29, 0.717) is 16.2 Å². The molecule has 0 unspecified atom stereocenters. The standard InChI is InChI=1S/C9H5BrN4O/c10-7-3-4-8(15-7)14-9-6(12-13-14)2-1-5-11-9/h1-5H. The minimum absolute atomic E-state index is 0.586. The summed E-state index contributed by atoms with van der Waals surface area (Å²) in [6, 6.07) is 7.27. The molecule has 3 rings (SSSR count). The number of nitrogens with zero attached hydrogens (tertiary/aromatic N) is 4. The molecule has 0 radical (unpaired) electrons. The van der Waals surface area contributed by atoms with Crippen LogP contribution in [0.25, 0.3) is 17.0 Å². The molecule has 0 aliphatic rings. The summed E-state index contributed by atoms with van der Waals surface area (Å²) in [5, 5.41) is 7.95. The van der Waals surface area contributed by atoms with Crippen molar-refractivity contribution in [3.8, 4) is 5.88 Å². The van der Waals surface area contributed by atoms with E-state index in [9.17, 15) is 0 Å². The van der Waals surface area contributed by atoms with Crippen LogP contribution in [0.2, 0.25) is 0 Å². The summed E-state index contributed by atoms with van der Waals surface area (Å²) in [7, 11) is 0. The SMILES string of the molecule is Brc1ccc(-n2nnc3cccnc32)o1. The third-order valence-electron chi connectivity index (χ3n) is 1.98. The first kappa shape index (κ1) is 8.60. The molecular formula is C9H5BrN4O. The Bertz CT molecular complexity index is 615. The van der Waals surface area contributed by atoms with Crippen LogP contribution < -0.4 is 0 Å². The fourth-order valence-corrected chi connectivity index (χ4v) is 1.63. The van der Waals surface area contributed by atoms with Gasteiger partial charge in [-0.25, -0.2) is 4.98 Å². The Hall–Kier alpha value is -1.69. The zero-order valence-corrected chi connectivity index (χ0v) is 9.05. The maximum absolute atomic E-state index is 5.37. The van der Waals surface area contributed by atoms with Gasteiger partial charge in [-0.1, -0.05) is 5.21 Å². The molecule has 5 nitrogen and oxygen atoms in total. The lowest BCUT2D eigenvalue weighted by atomic mass is 10.4.